The van der Waals surface area contributed by atoms with Gasteiger partial charge in [-0.2, -0.15) is 0 Å². The zero-order valence-corrected chi connectivity index (χ0v) is 10.1. The fourth-order valence-electron chi connectivity index (χ4n) is 1.37. The number of hydrogen-bond acceptors (Lipinski definition) is 2. The van der Waals surface area contributed by atoms with Crippen LogP contribution >= 0.6 is 11.6 Å². The van der Waals surface area contributed by atoms with Crippen molar-refractivity contribution in [2.24, 2.45) is 5.73 Å². The highest BCUT2D eigenvalue weighted by Gasteiger charge is 2.03. The molecule has 1 rings (SSSR count). The molecule has 88 valence electrons. The summed E-state index contributed by atoms with van der Waals surface area (Å²) in [6, 6.07) is 7.42. The van der Waals surface area contributed by atoms with Gasteiger partial charge in [0, 0.05) is 11.1 Å². The van der Waals surface area contributed by atoms with Crippen LogP contribution in [0.1, 0.15) is 19.3 Å². The van der Waals surface area contributed by atoms with Crippen molar-refractivity contribution in [1.82, 2.24) is 0 Å². The highest BCUT2D eigenvalue weighted by atomic mass is 35.5. The molecule has 3 heteroatoms. The fraction of sp³-hybridized carbons (Fsp3) is 0.385. The van der Waals surface area contributed by atoms with Crippen molar-refractivity contribution in [2.45, 2.75) is 25.3 Å². The van der Waals surface area contributed by atoms with Gasteiger partial charge in [-0.1, -0.05) is 23.7 Å². The Kier molecular flexibility index (Phi) is 5.98. The Morgan fingerprint density at radius 3 is 3.00 bits per heavy atom. The van der Waals surface area contributed by atoms with Gasteiger partial charge < -0.3 is 10.5 Å². The van der Waals surface area contributed by atoms with E-state index in [4.69, 9.17) is 22.1 Å². The molecule has 0 saturated carbocycles. The molecule has 16 heavy (non-hydrogen) atoms. The monoisotopic (exact) mass is 239 g/mol. The lowest BCUT2D eigenvalue weighted by molar-refractivity contribution is 0.280. The molecule has 0 aromatic heterocycles. The van der Waals surface area contributed by atoms with Gasteiger partial charge in [-0.15, -0.1) is 6.58 Å². The Labute approximate surface area is 102 Å². The van der Waals surface area contributed by atoms with Gasteiger partial charge in [-0.05, 0) is 37.5 Å². The summed E-state index contributed by atoms with van der Waals surface area (Å²) in [7, 11) is 0. The van der Waals surface area contributed by atoms with Crippen molar-refractivity contribution in [1.29, 1.82) is 0 Å². The average Bonchev–Trinajstić information content (AvgIpc) is 2.27. The van der Waals surface area contributed by atoms with E-state index in [0.717, 1.165) is 25.0 Å². The number of hydrogen-bond donors (Lipinski definition) is 1. The van der Waals surface area contributed by atoms with Crippen LogP contribution in [0.4, 0.5) is 0 Å². The Balaban J connectivity index is 2.25. The molecule has 0 fully saturated rings. The molecule has 1 aromatic carbocycles. The van der Waals surface area contributed by atoms with E-state index in [0.29, 0.717) is 11.6 Å². The molecule has 0 bridgehead atoms. The molecule has 0 spiro atoms. The van der Waals surface area contributed by atoms with Gasteiger partial charge in [0.05, 0.1) is 0 Å². The summed E-state index contributed by atoms with van der Waals surface area (Å²) >= 11 is 5.84. The first-order valence-corrected chi connectivity index (χ1v) is 5.85. The van der Waals surface area contributed by atoms with E-state index < -0.39 is 0 Å². The van der Waals surface area contributed by atoms with E-state index in [2.05, 4.69) is 6.58 Å². The average molecular weight is 240 g/mol. The molecule has 0 amide bonds. The second kappa shape index (κ2) is 7.31. The molecule has 0 radical (unpaired) electrons. The van der Waals surface area contributed by atoms with E-state index in [-0.39, 0.29) is 6.04 Å². The van der Waals surface area contributed by atoms with Crippen molar-refractivity contribution in [2.75, 3.05) is 6.61 Å². The van der Waals surface area contributed by atoms with Gasteiger partial charge >= 0.3 is 0 Å². The molecule has 1 aromatic rings. The molecule has 0 aliphatic rings. The standard InChI is InChI=1S/C13H18ClNO/c1-2-3-4-7-12(15)10-16-13-8-5-6-11(14)9-13/h2,5-6,8-9,12H,1,3-4,7,10,15H2. The summed E-state index contributed by atoms with van der Waals surface area (Å²) in [5.41, 5.74) is 5.91. The normalized spacial score (nSPS) is 12.1. The summed E-state index contributed by atoms with van der Waals surface area (Å²) in [5.74, 6) is 0.770. The van der Waals surface area contributed by atoms with Gasteiger partial charge in [-0.3, -0.25) is 0 Å². The SMILES string of the molecule is C=CCCCC(N)COc1cccc(Cl)c1. The van der Waals surface area contributed by atoms with Crippen LogP contribution in [0.3, 0.4) is 0 Å². The number of nitrogens with two attached hydrogens (primary N) is 1. The first-order chi connectivity index (χ1) is 7.72. The minimum Gasteiger partial charge on any atom is -0.492 e. The van der Waals surface area contributed by atoms with E-state index in [1.165, 1.54) is 0 Å². The maximum Gasteiger partial charge on any atom is 0.120 e. The molecular formula is C13H18ClNO. The van der Waals surface area contributed by atoms with Crippen molar-refractivity contribution in [3.05, 3.63) is 41.9 Å². The summed E-state index contributed by atoms with van der Waals surface area (Å²) in [5, 5.41) is 0.678. The molecule has 1 unspecified atom stereocenters. The quantitative estimate of drug-likeness (QED) is 0.585. The lowest BCUT2D eigenvalue weighted by Gasteiger charge is -2.12. The first-order valence-electron chi connectivity index (χ1n) is 5.47. The maximum atomic E-state index is 5.91. The lowest BCUT2D eigenvalue weighted by Crippen LogP contribution is -2.27. The summed E-state index contributed by atoms with van der Waals surface area (Å²) < 4.78 is 5.54. The van der Waals surface area contributed by atoms with Crippen molar-refractivity contribution in [3.8, 4) is 5.75 Å². The molecule has 2 N–H and O–H groups in total. The number of allylic oxidation sites excluding steroid dienone is 1. The van der Waals surface area contributed by atoms with E-state index in [9.17, 15) is 0 Å². The van der Waals surface area contributed by atoms with E-state index in [1.54, 1.807) is 6.07 Å². The second-order valence-corrected chi connectivity index (χ2v) is 4.18. The van der Waals surface area contributed by atoms with Gasteiger partial charge in [0.1, 0.15) is 12.4 Å². The van der Waals surface area contributed by atoms with Crippen LogP contribution in [0, 0.1) is 0 Å². The van der Waals surface area contributed by atoms with Gasteiger partial charge in [0.25, 0.3) is 0 Å². The third-order valence-corrected chi connectivity index (χ3v) is 2.48. The van der Waals surface area contributed by atoms with Crippen LogP contribution in [-0.2, 0) is 0 Å². The Hall–Kier alpha value is -0.990. The number of unbranched alkanes of at least 4 members (excludes halogenated alkanes) is 1. The summed E-state index contributed by atoms with van der Waals surface area (Å²) in [4.78, 5) is 0. The fourth-order valence-corrected chi connectivity index (χ4v) is 1.55. The summed E-state index contributed by atoms with van der Waals surface area (Å²) in [6.45, 7) is 4.20. The zero-order valence-electron chi connectivity index (χ0n) is 9.36. The van der Waals surface area contributed by atoms with Gasteiger partial charge in [0.15, 0.2) is 0 Å². The predicted octanol–water partition coefficient (Wildman–Crippen LogP) is 3.40. The first kappa shape index (κ1) is 13.1. The van der Waals surface area contributed by atoms with Gasteiger partial charge in [-0.25, -0.2) is 0 Å². The van der Waals surface area contributed by atoms with Crippen LogP contribution < -0.4 is 10.5 Å². The van der Waals surface area contributed by atoms with Crippen LogP contribution in [0.5, 0.6) is 5.75 Å². The highest BCUT2D eigenvalue weighted by molar-refractivity contribution is 6.30. The third-order valence-electron chi connectivity index (χ3n) is 2.24. The van der Waals surface area contributed by atoms with E-state index >= 15 is 0 Å². The number of halogens is 1. The van der Waals surface area contributed by atoms with Crippen molar-refractivity contribution in [3.63, 3.8) is 0 Å². The lowest BCUT2D eigenvalue weighted by atomic mass is 10.1. The number of rotatable bonds is 7. The molecule has 2 nitrogen and oxygen atoms in total. The number of benzene rings is 1. The Bertz CT molecular complexity index is 327. The minimum absolute atomic E-state index is 0.0685. The van der Waals surface area contributed by atoms with E-state index in [1.807, 2.05) is 24.3 Å². The van der Waals surface area contributed by atoms with Crippen molar-refractivity contribution >= 4 is 11.6 Å². The largest absolute Gasteiger partial charge is 0.492 e. The molecular weight excluding hydrogens is 222 g/mol. The predicted molar refractivity (Wildman–Crippen MR) is 69.0 cm³/mol. The third kappa shape index (κ3) is 5.19. The molecule has 0 aliphatic heterocycles. The Morgan fingerprint density at radius 2 is 2.31 bits per heavy atom. The van der Waals surface area contributed by atoms with Crippen LogP contribution in [-0.4, -0.2) is 12.6 Å². The smallest absolute Gasteiger partial charge is 0.120 e. The molecule has 0 heterocycles. The molecule has 1 atom stereocenters. The molecule has 0 saturated heterocycles. The van der Waals surface area contributed by atoms with Crippen molar-refractivity contribution < 1.29 is 4.74 Å². The Morgan fingerprint density at radius 1 is 1.50 bits per heavy atom. The number of ether oxygens (including phenoxy) is 1. The van der Waals surface area contributed by atoms with Crippen LogP contribution in [0.15, 0.2) is 36.9 Å². The molecule has 0 aliphatic carbocycles. The summed E-state index contributed by atoms with van der Waals surface area (Å²) in [6.07, 6.45) is 4.92. The zero-order chi connectivity index (χ0) is 11.8. The van der Waals surface area contributed by atoms with Crippen LogP contribution in [0.25, 0.3) is 0 Å². The van der Waals surface area contributed by atoms with Crippen LogP contribution in [0.2, 0.25) is 5.02 Å². The highest BCUT2D eigenvalue weighted by Crippen LogP contribution is 2.17. The minimum atomic E-state index is 0.0685. The van der Waals surface area contributed by atoms with Gasteiger partial charge in [0.2, 0.25) is 0 Å². The maximum absolute atomic E-state index is 5.91. The second-order valence-electron chi connectivity index (χ2n) is 3.75. The topological polar surface area (TPSA) is 35.2 Å².